The number of hydrogen-bond donors (Lipinski definition) is 2. The van der Waals surface area contributed by atoms with Crippen molar-refractivity contribution in [3.05, 3.63) is 28.5 Å². The number of aromatic nitrogens is 1. The van der Waals surface area contributed by atoms with Gasteiger partial charge in [-0.1, -0.05) is 0 Å². The standard InChI is InChI=1S/C11H15BrN2O2S/c1-7(10(6-15)17-2)14-11(16)8-3-9(12)5-13-4-8/h3-5,7,10,15H,6H2,1-2H3,(H,14,16)/t7-,10-/m0/s1. The molecule has 0 aromatic carbocycles. The molecular weight excluding hydrogens is 304 g/mol. The molecule has 0 aliphatic rings. The number of nitrogens with zero attached hydrogens (tertiary/aromatic N) is 1. The zero-order chi connectivity index (χ0) is 12.8. The van der Waals surface area contributed by atoms with Crippen molar-refractivity contribution in [3.8, 4) is 0 Å². The van der Waals surface area contributed by atoms with E-state index in [1.165, 1.54) is 18.0 Å². The molecule has 0 spiro atoms. The zero-order valence-corrected chi connectivity index (χ0v) is 12.1. The lowest BCUT2D eigenvalue weighted by atomic mass is 10.2. The van der Waals surface area contributed by atoms with Crippen LogP contribution >= 0.6 is 27.7 Å². The van der Waals surface area contributed by atoms with E-state index < -0.39 is 0 Å². The number of rotatable bonds is 5. The first-order valence-corrected chi connectivity index (χ1v) is 7.21. The third-order valence-electron chi connectivity index (χ3n) is 2.37. The number of carbonyl (C=O) groups is 1. The topological polar surface area (TPSA) is 62.2 Å². The van der Waals surface area contributed by atoms with E-state index in [1.54, 1.807) is 12.3 Å². The van der Waals surface area contributed by atoms with Gasteiger partial charge in [0.2, 0.25) is 0 Å². The lowest BCUT2D eigenvalue weighted by Gasteiger charge is -2.21. The Kier molecular flexibility index (Phi) is 5.94. The summed E-state index contributed by atoms with van der Waals surface area (Å²) >= 11 is 4.80. The van der Waals surface area contributed by atoms with Gasteiger partial charge in [0, 0.05) is 28.2 Å². The summed E-state index contributed by atoms with van der Waals surface area (Å²) in [4.78, 5) is 15.8. The highest BCUT2D eigenvalue weighted by molar-refractivity contribution is 9.10. The highest BCUT2D eigenvalue weighted by Crippen LogP contribution is 2.12. The fraction of sp³-hybridized carbons (Fsp3) is 0.455. The number of aliphatic hydroxyl groups is 1. The molecule has 0 radical (unpaired) electrons. The van der Waals surface area contributed by atoms with Crippen LogP contribution in [0.4, 0.5) is 0 Å². The molecule has 0 aliphatic heterocycles. The zero-order valence-electron chi connectivity index (χ0n) is 9.68. The predicted molar refractivity (Wildman–Crippen MR) is 73.3 cm³/mol. The molecule has 0 saturated carbocycles. The van der Waals surface area contributed by atoms with Gasteiger partial charge in [-0.2, -0.15) is 11.8 Å². The molecule has 1 aromatic rings. The third kappa shape index (κ3) is 4.29. The number of aliphatic hydroxyl groups excluding tert-OH is 1. The molecule has 6 heteroatoms. The molecule has 0 aliphatic carbocycles. The van der Waals surface area contributed by atoms with Crippen molar-refractivity contribution >= 4 is 33.6 Å². The Morgan fingerprint density at radius 1 is 1.65 bits per heavy atom. The Balaban J connectivity index is 2.66. The van der Waals surface area contributed by atoms with E-state index >= 15 is 0 Å². The van der Waals surface area contributed by atoms with Crippen molar-refractivity contribution in [1.29, 1.82) is 0 Å². The maximum Gasteiger partial charge on any atom is 0.253 e. The minimum absolute atomic E-state index is 0.000868. The molecule has 2 atom stereocenters. The van der Waals surface area contributed by atoms with E-state index in [2.05, 4.69) is 26.2 Å². The van der Waals surface area contributed by atoms with Crippen LogP contribution in [0, 0.1) is 0 Å². The van der Waals surface area contributed by atoms with Crippen LogP contribution in [-0.2, 0) is 0 Å². The van der Waals surface area contributed by atoms with Crippen molar-refractivity contribution in [2.24, 2.45) is 0 Å². The van der Waals surface area contributed by atoms with Gasteiger partial charge in [-0.15, -0.1) is 0 Å². The first kappa shape index (κ1) is 14.5. The van der Waals surface area contributed by atoms with E-state index in [4.69, 9.17) is 5.11 Å². The van der Waals surface area contributed by atoms with Gasteiger partial charge >= 0.3 is 0 Å². The SMILES string of the molecule is CS[C@@H](CO)[C@H](C)NC(=O)c1cncc(Br)c1. The van der Waals surface area contributed by atoms with Crippen LogP contribution in [0.3, 0.4) is 0 Å². The van der Waals surface area contributed by atoms with Crippen molar-refractivity contribution < 1.29 is 9.90 Å². The number of nitrogens with one attached hydrogen (secondary N) is 1. The minimum Gasteiger partial charge on any atom is -0.395 e. The Labute approximate surface area is 113 Å². The average Bonchev–Trinajstić information content (AvgIpc) is 2.30. The number of carbonyl (C=O) groups excluding carboxylic acids is 1. The predicted octanol–water partition coefficient (Wildman–Crippen LogP) is 1.69. The summed E-state index contributed by atoms with van der Waals surface area (Å²) in [7, 11) is 0. The van der Waals surface area contributed by atoms with Gasteiger partial charge in [0.15, 0.2) is 0 Å². The van der Waals surface area contributed by atoms with Crippen molar-refractivity contribution in [3.63, 3.8) is 0 Å². The second-order valence-electron chi connectivity index (χ2n) is 3.61. The van der Waals surface area contributed by atoms with Crippen LogP contribution in [-0.4, -0.2) is 40.2 Å². The number of pyridine rings is 1. The minimum atomic E-state index is -0.182. The lowest BCUT2D eigenvalue weighted by molar-refractivity contribution is 0.0935. The summed E-state index contributed by atoms with van der Waals surface area (Å²) in [6.45, 7) is 1.92. The van der Waals surface area contributed by atoms with E-state index in [0.29, 0.717) is 5.56 Å². The van der Waals surface area contributed by atoms with Crippen molar-refractivity contribution in [1.82, 2.24) is 10.3 Å². The first-order chi connectivity index (χ1) is 8.08. The van der Waals surface area contributed by atoms with Crippen LogP contribution in [0.15, 0.2) is 22.9 Å². The maximum atomic E-state index is 11.9. The summed E-state index contributed by atoms with van der Waals surface area (Å²) in [6.07, 6.45) is 5.04. The quantitative estimate of drug-likeness (QED) is 0.867. The summed E-state index contributed by atoms with van der Waals surface area (Å²) in [5.41, 5.74) is 0.504. The second kappa shape index (κ2) is 6.98. The Bertz CT molecular complexity index is 385. The van der Waals surface area contributed by atoms with Gasteiger partial charge in [-0.3, -0.25) is 9.78 Å². The Morgan fingerprint density at radius 2 is 2.35 bits per heavy atom. The Morgan fingerprint density at radius 3 is 2.88 bits per heavy atom. The number of hydrogen-bond acceptors (Lipinski definition) is 4. The molecular formula is C11H15BrN2O2S. The summed E-state index contributed by atoms with van der Waals surface area (Å²) in [5, 5.41) is 12.0. The van der Waals surface area contributed by atoms with Crippen molar-refractivity contribution in [2.75, 3.05) is 12.9 Å². The molecule has 1 heterocycles. The van der Waals surface area contributed by atoms with Gasteiger partial charge < -0.3 is 10.4 Å². The summed E-state index contributed by atoms with van der Waals surface area (Å²) < 4.78 is 0.765. The molecule has 0 saturated heterocycles. The molecule has 1 amide bonds. The van der Waals surface area contributed by atoms with Gasteiger partial charge in [0.25, 0.3) is 5.91 Å². The van der Waals surface area contributed by atoms with Gasteiger partial charge in [0.1, 0.15) is 0 Å². The average molecular weight is 319 g/mol. The fourth-order valence-electron chi connectivity index (χ4n) is 1.36. The van der Waals surface area contributed by atoms with Crippen LogP contribution in [0.2, 0.25) is 0 Å². The second-order valence-corrected chi connectivity index (χ2v) is 5.60. The number of amides is 1. The first-order valence-electron chi connectivity index (χ1n) is 5.13. The maximum absolute atomic E-state index is 11.9. The van der Waals surface area contributed by atoms with E-state index in [0.717, 1.165) is 4.47 Å². The van der Waals surface area contributed by atoms with E-state index in [9.17, 15) is 4.79 Å². The smallest absolute Gasteiger partial charge is 0.253 e. The lowest BCUT2D eigenvalue weighted by Crippen LogP contribution is -2.41. The molecule has 17 heavy (non-hydrogen) atoms. The molecule has 1 aromatic heterocycles. The molecule has 4 nitrogen and oxygen atoms in total. The van der Waals surface area contributed by atoms with Gasteiger partial charge in [-0.25, -0.2) is 0 Å². The normalized spacial score (nSPS) is 14.1. The molecule has 94 valence electrons. The summed E-state index contributed by atoms with van der Waals surface area (Å²) in [5.74, 6) is -0.182. The van der Waals surface area contributed by atoms with Gasteiger partial charge in [-0.05, 0) is 35.2 Å². The third-order valence-corrected chi connectivity index (χ3v) is 3.96. The van der Waals surface area contributed by atoms with Crippen LogP contribution < -0.4 is 5.32 Å². The molecule has 0 unspecified atom stereocenters. The monoisotopic (exact) mass is 318 g/mol. The summed E-state index contributed by atoms with van der Waals surface area (Å²) in [6, 6.07) is 1.61. The molecule has 0 bridgehead atoms. The molecule has 2 N–H and O–H groups in total. The number of thioether (sulfide) groups is 1. The Hall–Kier alpha value is -0.590. The molecule has 0 fully saturated rings. The van der Waals surface area contributed by atoms with E-state index in [-0.39, 0.29) is 23.8 Å². The fourth-order valence-corrected chi connectivity index (χ4v) is 2.35. The largest absolute Gasteiger partial charge is 0.395 e. The van der Waals surface area contributed by atoms with Gasteiger partial charge in [0.05, 0.1) is 12.2 Å². The van der Waals surface area contributed by atoms with Crippen molar-refractivity contribution in [2.45, 2.75) is 18.2 Å². The van der Waals surface area contributed by atoms with E-state index in [1.807, 2.05) is 13.2 Å². The number of halogens is 1. The van der Waals surface area contributed by atoms with Crippen LogP contribution in [0.5, 0.6) is 0 Å². The van der Waals surface area contributed by atoms with Crippen LogP contribution in [0.25, 0.3) is 0 Å². The highest BCUT2D eigenvalue weighted by Gasteiger charge is 2.18. The van der Waals surface area contributed by atoms with Crippen LogP contribution in [0.1, 0.15) is 17.3 Å². The highest BCUT2D eigenvalue weighted by atomic mass is 79.9. The molecule has 1 rings (SSSR count).